The van der Waals surface area contributed by atoms with Gasteiger partial charge in [-0.1, -0.05) is 6.92 Å². The molecule has 3 aliphatic heterocycles. The summed E-state index contributed by atoms with van der Waals surface area (Å²) in [6, 6.07) is 19.5. The Labute approximate surface area is 289 Å². The maximum Gasteiger partial charge on any atom is 0.350 e. The summed E-state index contributed by atoms with van der Waals surface area (Å²) < 4.78 is 50.3. The van der Waals surface area contributed by atoms with Crippen molar-refractivity contribution >= 4 is 17.7 Å². The van der Waals surface area contributed by atoms with Crippen LogP contribution in [-0.2, 0) is 15.3 Å². The summed E-state index contributed by atoms with van der Waals surface area (Å²) in [7, 11) is 1.88. The molecule has 1 aromatic heterocycles. The van der Waals surface area contributed by atoms with Gasteiger partial charge in [-0.25, -0.2) is 22.8 Å². The molecule has 3 atom stereocenters. The van der Waals surface area contributed by atoms with Crippen LogP contribution in [-0.4, -0.2) is 96.4 Å². The zero-order chi connectivity index (χ0) is 34.8. The molecule has 3 unspecified atom stereocenters. The molecule has 0 amide bonds. The van der Waals surface area contributed by atoms with Gasteiger partial charge in [-0.2, -0.15) is 10.2 Å². The molecule has 3 aromatic carbocycles. The van der Waals surface area contributed by atoms with Crippen LogP contribution in [0.25, 0.3) is 5.69 Å². The quantitative estimate of drug-likeness (QED) is 0.227. The maximum absolute atomic E-state index is 15.0. The lowest BCUT2D eigenvalue weighted by molar-refractivity contribution is -0.194. The molecule has 7 rings (SSSR count). The van der Waals surface area contributed by atoms with E-state index in [4.69, 9.17) is 14.2 Å². The summed E-state index contributed by atoms with van der Waals surface area (Å²) in [5.74, 6) is -2.19. The predicted octanol–water partition coefficient (Wildman–Crippen LogP) is 4.41. The number of hydrazone groups is 1. The smallest absolute Gasteiger partial charge is 0.350 e. The minimum Gasteiger partial charge on any atom is -0.491 e. The Hall–Kier alpha value is -4.95. The number of piperazine rings is 1. The molecule has 4 heterocycles. The largest absolute Gasteiger partial charge is 0.491 e. The zero-order valence-corrected chi connectivity index (χ0v) is 28.5. The van der Waals surface area contributed by atoms with E-state index in [-0.39, 0.29) is 37.1 Å². The van der Waals surface area contributed by atoms with Crippen LogP contribution >= 0.6 is 0 Å². The van der Waals surface area contributed by atoms with E-state index in [1.165, 1.54) is 16.8 Å². The number of rotatable bonds is 11. The van der Waals surface area contributed by atoms with Crippen LogP contribution in [0.2, 0.25) is 0 Å². The van der Waals surface area contributed by atoms with Crippen molar-refractivity contribution in [1.29, 1.82) is 0 Å². The third kappa shape index (κ3) is 6.90. The van der Waals surface area contributed by atoms with Gasteiger partial charge in [0.1, 0.15) is 49.4 Å². The number of hydrogen-bond acceptors (Lipinski definition) is 10. The molecule has 12 nitrogen and oxygen atoms in total. The predicted molar refractivity (Wildman–Crippen MR) is 186 cm³/mol. The topological polar surface area (TPSA) is 92.8 Å². The van der Waals surface area contributed by atoms with Crippen molar-refractivity contribution in [2.75, 3.05) is 69.5 Å². The number of nitrogens with zero attached hydrogens (tertiary/aromatic N) is 8. The number of aromatic nitrogens is 3. The fourth-order valence-electron chi connectivity index (χ4n) is 6.54. The highest BCUT2D eigenvalue weighted by molar-refractivity contribution is 5.56. The number of anilines is 2. The van der Waals surface area contributed by atoms with Crippen molar-refractivity contribution in [3.8, 4) is 11.4 Å². The standard InChI is InChI=1S/C36H42F2N8O4/c1-4-26(2)46-35(47)45(24-40-46)30-8-6-28(7-9-30)42-15-17-43(18-16-42)29-10-12-31(13-11-29)48-20-32-21-49-36(50-32,22-44-25-41(3)23-39-44)33-14-5-27(37)19-34(33)38/h5-14,19,23-24,26,32H,4,15-18,20-22,25H2,1-3H3. The van der Waals surface area contributed by atoms with Gasteiger partial charge < -0.3 is 28.9 Å². The fraction of sp³-hybridized carbons (Fsp3) is 0.417. The molecule has 0 N–H and O–H groups in total. The van der Waals surface area contributed by atoms with Gasteiger partial charge in [0.05, 0.1) is 24.9 Å². The van der Waals surface area contributed by atoms with Crippen LogP contribution in [0.5, 0.6) is 5.75 Å². The third-order valence-electron chi connectivity index (χ3n) is 9.50. The van der Waals surface area contributed by atoms with Crippen LogP contribution in [0.4, 0.5) is 20.2 Å². The number of hydrogen-bond donors (Lipinski definition) is 0. The summed E-state index contributed by atoms with van der Waals surface area (Å²) in [6.07, 6.45) is 3.62. The highest BCUT2D eigenvalue weighted by Crippen LogP contribution is 2.38. The van der Waals surface area contributed by atoms with Gasteiger partial charge in [-0.3, -0.25) is 5.01 Å². The van der Waals surface area contributed by atoms with Crippen molar-refractivity contribution in [3.63, 3.8) is 0 Å². The number of ether oxygens (including phenoxy) is 3. The van der Waals surface area contributed by atoms with Gasteiger partial charge in [0, 0.05) is 56.2 Å². The van der Waals surface area contributed by atoms with Gasteiger partial charge in [0.2, 0.25) is 5.79 Å². The van der Waals surface area contributed by atoms with E-state index in [1.807, 2.05) is 62.2 Å². The highest BCUT2D eigenvalue weighted by atomic mass is 19.1. The van der Waals surface area contributed by atoms with Crippen LogP contribution in [0.3, 0.4) is 0 Å². The first-order valence-electron chi connectivity index (χ1n) is 17.0. The number of benzene rings is 3. The molecule has 2 saturated heterocycles. The first-order valence-corrected chi connectivity index (χ1v) is 17.0. The first-order chi connectivity index (χ1) is 24.2. The molecule has 0 spiro atoms. The third-order valence-corrected chi connectivity index (χ3v) is 9.50. The Morgan fingerprint density at radius 1 is 0.960 bits per heavy atom. The Kier molecular flexibility index (Phi) is 9.47. The molecular weight excluding hydrogens is 646 g/mol. The van der Waals surface area contributed by atoms with Gasteiger partial charge in [-0.15, -0.1) is 0 Å². The second-order valence-corrected chi connectivity index (χ2v) is 13.0. The lowest BCUT2D eigenvalue weighted by atomic mass is 10.0. The molecule has 0 bridgehead atoms. The average Bonchev–Trinajstić information content (AvgIpc) is 3.85. The Morgan fingerprint density at radius 3 is 2.24 bits per heavy atom. The van der Waals surface area contributed by atoms with E-state index in [1.54, 1.807) is 22.2 Å². The molecular formula is C36H42F2N8O4. The summed E-state index contributed by atoms with van der Waals surface area (Å²) >= 11 is 0. The van der Waals surface area contributed by atoms with E-state index in [0.29, 0.717) is 12.4 Å². The molecule has 0 saturated carbocycles. The summed E-state index contributed by atoms with van der Waals surface area (Å²) in [5.41, 5.74) is 3.01. The minimum absolute atomic E-state index is 0.0535. The summed E-state index contributed by atoms with van der Waals surface area (Å²) in [4.78, 5) is 19.4. The Morgan fingerprint density at radius 2 is 1.62 bits per heavy atom. The Bertz CT molecular complexity index is 1860. The normalized spacial score (nSPS) is 21.3. The average molecular weight is 689 g/mol. The first kappa shape index (κ1) is 33.5. The molecule has 0 radical (unpaired) electrons. The van der Waals surface area contributed by atoms with Crippen molar-refractivity contribution in [2.45, 2.75) is 38.2 Å². The van der Waals surface area contributed by atoms with E-state index in [2.05, 4.69) is 32.1 Å². The van der Waals surface area contributed by atoms with Crippen LogP contribution in [0, 0.1) is 11.6 Å². The van der Waals surface area contributed by atoms with Gasteiger partial charge in [0.15, 0.2) is 0 Å². The maximum atomic E-state index is 15.0. The van der Waals surface area contributed by atoms with Gasteiger partial charge in [0.25, 0.3) is 0 Å². The fourth-order valence-corrected chi connectivity index (χ4v) is 6.54. The second-order valence-electron chi connectivity index (χ2n) is 13.0. The lowest BCUT2D eigenvalue weighted by Gasteiger charge is -2.37. The minimum atomic E-state index is -1.46. The van der Waals surface area contributed by atoms with Crippen LogP contribution < -0.4 is 20.2 Å². The molecule has 14 heteroatoms. The zero-order valence-electron chi connectivity index (χ0n) is 28.5. The monoisotopic (exact) mass is 688 g/mol. The van der Waals surface area contributed by atoms with Crippen molar-refractivity contribution < 1.29 is 23.0 Å². The summed E-state index contributed by atoms with van der Waals surface area (Å²) in [5, 5.41) is 10.3. The molecule has 2 fully saturated rings. The van der Waals surface area contributed by atoms with E-state index >= 15 is 0 Å². The van der Waals surface area contributed by atoms with Crippen molar-refractivity contribution in [1.82, 2.24) is 24.3 Å². The van der Waals surface area contributed by atoms with Gasteiger partial charge >= 0.3 is 5.69 Å². The van der Waals surface area contributed by atoms with Crippen molar-refractivity contribution in [2.24, 2.45) is 5.10 Å². The highest BCUT2D eigenvalue weighted by Gasteiger charge is 2.47. The molecule has 264 valence electrons. The van der Waals surface area contributed by atoms with Crippen LogP contribution in [0.1, 0.15) is 31.9 Å². The van der Waals surface area contributed by atoms with Gasteiger partial charge in [-0.05, 0) is 74.0 Å². The second kappa shape index (κ2) is 14.1. The SMILES string of the molecule is CCC(C)n1ncn(-c2ccc(N3CCN(c4ccc(OCC5COC(CN6CN(C)C=N6)(c6ccc(F)cc6F)O5)cc4)CC3)cc2)c1=O. The van der Waals surface area contributed by atoms with E-state index in [9.17, 15) is 13.6 Å². The molecule has 3 aliphatic rings. The number of halogens is 2. The molecule has 50 heavy (non-hydrogen) atoms. The van der Waals surface area contributed by atoms with E-state index in [0.717, 1.165) is 55.7 Å². The van der Waals surface area contributed by atoms with E-state index < -0.39 is 23.5 Å². The lowest BCUT2D eigenvalue weighted by Crippen LogP contribution is -2.46. The Balaban J connectivity index is 0.922. The molecule has 0 aliphatic carbocycles. The van der Waals surface area contributed by atoms with Crippen LogP contribution in [0.15, 0.2) is 83.0 Å². The molecule has 4 aromatic rings. The van der Waals surface area contributed by atoms with Crippen molar-refractivity contribution in [3.05, 3.63) is 101 Å². The summed E-state index contributed by atoms with van der Waals surface area (Å²) in [6.45, 7) is 8.45.